The van der Waals surface area contributed by atoms with Gasteiger partial charge in [0.05, 0.1) is 23.8 Å². The van der Waals surface area contributed by atoms with Crippen LogP contribution in [0.15, 0.2) is 41.4 Å². The number of benzene rings is 2. The molecule has 2 rings (SSSR count). The average molecular weight is 306 g/mol. The number of nitro groups is 1. The molecule has 0 N–H and O–H groups in total. The third kappa shape index (κ3) is 3.49. The van der Waals surface area contributed by atoms with Gasteiger partial charge in [-0.15, -0.1) is 0 Å². The van der Waals surface area contributed by atoms with E-state index in [2.05, 4.69) is 4.99 Å². The van der Waals surface area contributed by atoms with E-state index in [0.29, 0.717) is 10.7 Å². The second-order valence-corrected chi connectivity index (χ2v) is 4.50. The second-order valence-electron chi connectivity index (χ2n) is 4.06. The van der Waals surface area contributed by atoms with E-state index in [-0.39, 0.29) is 11.3 Å². The van der Waals surface area contributed by atoms with Crippen LogP contribution in [0.5, 0.6) is 11.5 Å². The minimum Gasteiger partial charge on any atom is -0.867 e. The van der Waals surface area contributed by atoms with Crippen molar-refractivity contribution < 1.29 is 14.8 Å². The highest BCUT2D eigenvalue weighted by Gasteiger charge is 2.12. The van der Waals surface area contributed by atoms with Gasteiger partial charge in [0.25, 0.3) is 5.69 Å². The number of rotatable bonds is 4. The van der Waals surface area contributed by atoms with Crippen molar-refractivity contribution >= 4 is 29.2 Å². The first-order valence-corrected chi connectivity index (χ1v) is 6.22. The van der Waals surface area contributed by atoms with Crippen molar-refractivity contribution in [3.8, 4) is 11.5 Å². The number of hydrogen-bond acceptors (Lipinski definition) is 5. The molecule has 0 fully saturated rings. The smallest absolute Gasteiger partial charge is 0.266 e. The van der Waals surface area contributed by atoms with Gasteiger partial charge in [-0.25, -0.2) is 0 Å². The summed E-state index contributed by atoms with van der Waals surface area (Å²) in [5.41, 5.74) is 0.0512. The Kier molecular flexibility index (Phi) is 4.39. The molecule has 6 nitrogen and oxygen atoms in total. The van der Waals surface area contributed by atoms with Crippen LogP contribution in [0.3, 0.4) is 0 Å². The first-order valence-electron chi connectivity index (χ1n) is 5.84. The molecule has 0 bridgehead atoms. The van der Waals surface area contributed by atoms with E-state index >= 15 is 0 Å². The zero-order chi connectivity index (χ0) is 15.4. The van der Waals surface area contributed by atoms with E-state index in [0.717, 1.165) is 6.07 Å². The summed E-state index contributed by atoms with van der Waals surface area (Å²) < 4.78 is 4.95. The van der Waals surface area contributed by atoms with Crippen LogP contribution in [0.25, 0.3) is 0 Å². The van der Waals surface area contributed by atoms with Gasteiger partial charge in [-0.1, -0.05) is 17.7 Å². The Morgan fingerprint density at radius 1 is 1.33 bits per heavy atom. The monoisotopic (exact) mass is 305 g/mol. The second kappa shape index (κ2) is 6.23. The molecule has 108 valence electrons. The largest absolute Gasteiger partial charge is 0.867 e. The molecular formula is C14H10ClN2O4-. The summed E-state index contributed by atoms with van der Waals surface area (Å²) in [7, 11) is 1.36. The van der Waals surface area contributed by atoms with Gasteiger partial charge in [-0.05, 0) is 35.6 Å². The van der Waals surface area contributed by atoms with Gasteiger partial charge >= 0.3 is 0 Å². The Morgan fingerprint density at radius 2 is 2.10 bits per heavy atom. The summed E-state index contributed by atoms with van der Waals surface area (Å²) in [5.74, 6) is -0.500. The van der Waals surface area contributed by atoms with E-state index in [4.69, 9.17) is 16.3 Å². The van der Waals surface area contributed by atoms with Crippen molar-refractivity contribution in [1.82, 2.24) is 0 Å². The van der Waals surface area contributed by atoms with Crippen molar-refractivity contribution in [2.75, 3.05) is 7.11 Å². The maximum Gasteiger partial charge on any atom is 0.266 e. The fraction of sp³-hybridized carbons (Fsp3) is 0.0714. The van der Waals surface area contributed by atoms with Gasteiger partial charge in [0.1, 0.15) is 5.75 Å². The van der Waals surface area contributed by atoms with Crippen molar-refractivity contribution in [2.45, 2.75) is 0 Å². The fourth-order valence-electron chi connectivity index (χ4n) is 1.66. The number of nitro benzene ring substituents is 1. The van der Waals surface area contributed by atoms with E-state index in [9.17, 15) is 15.2 Å². The molecule has 0 aliphatic rings. The Balaban J connectivity index is 2.43. The summed E-state index contributed by atoms with van der Waals surface area (Å²) in [6.45, 7) is 0. The topological polar surface area (TPSA) is 87.8 Å². The molecule has 0 amide bonds. The van der Waals surface area contributed by atoms with Crippen molar-refractivity contribution in [3.63, 3.8) is 0 Å². The average Bonchev–Trinajstić information content (AvgIpc) is 2.46. The Bertz CT molecular complexity index is 716. The lowest BCUT2D eigenvalue weighted by Gasteiger charge is -2.12. The standard InChI is InChI=1S/C14H11ClN2O4/c1-21-12-5-9(14(18)13(7-12)17(19)20)8-16-11-4-2-3-10(15)6-11/h2-8,18H,1H3/p-1. The molecular weight excluding hydrogens is 296 g/mol. The van der Waals surface area contributed by atoms with Crippen LogP contribution in [0.1, 0.15) is 5.56 Å². The highest BCUT2D eigenvalue weighted by atomic mass is 35.5. The number of aliphatic imine (C=N–C) groups is 1. The van der Waals surface area contributed by atoms with Crippen LogP contribution in [0.2, 0.25) is 5.02 Å². The highest BCUT2D eigenvalue weighted by molar-refractivity contribution is 6.30. The zero-order valence-corrected chi connectivity index (χ0v) is 11.7. The van der Waals surface area contributed by atoms with Gasteiger partial charge in [-0.3, -0.25) is 15.1 Å². The molecule has 2 aromatic carbocycles. The first kappa shape index (κ1) is 14.8. The van der Waals surface area contributed by atoms with Gasteiger partial charge in [0.2, 0.25) is 0 Å². The van der Waals surface area contributed by atoms with Crippen LogP contribution >= 0.6 is 11.6 Å². The quantitative estimate of drug-likeness (QED) is 0.493. The van der Waals surface area contributed by atoms with Gasteiger partial charge in [-0.2, -0.15) is 0 Å². The Labute approximate surface area is 125 Å². The number of hydrogen-bond donors (Lipinski definition) is 0. The van der Waals surface area contributed by atoms with Crippen LogP contribution in [0.4, 0.5) is 11.4 Å². The summed E-state index contributed by atoms with van der Waals surface area (Å²) in [6, 6.07) is 9.18. The van der Waals surface area contributed by atoms with E-state index in [1.54, 1.807) is 24.3 Å². The first-order chi connectivity index (χ1) is 10.0. The number of halogens is 1. The molecule has 0 saturated heterocycles. The predicted molar refractivity (Wildman–Crippen MR) is 77.8 cm³/mol. The lowest BCUT2D eigenvalue weighted by Crippen LogP contribution is -2.03. The van der Waals surface area contributed by atoms with Gasteiger partial charge in [0.15, 0.2) is 0 Å². The zero-order valence-electron chi connectivity index (χ0n) is 10.9. The normalized spacial score (nSPS) is 10.8. The molecule has 2 aromatic rings. The SMILES string of the molecule is COc1cc(C=Nc2cccc(Cl)c2)c([O-])c([N+](=O)[O-])c1. The van der Waals surface area contributed by atoms with E-state index < -0.39 is 16.4 Å². The molecule has 0 aliphatic carbocycles. The van der Waals surface area contributed by atoms with Crippen LogP contribution in [-0.4, -0.2) is 18.2 Å². The van der Waals surface area contributed by atoms with Crippen molar-refractivity contribution in [3.05, 3.63) is 57.1 Å². The Hall–Kier alpha value is -2.60. The summed E-state index contributed by atoms with van der Waals surface area (Å²) in [6.07, 6.45) is 1.25. The maximum absolute atomic E-state index is 12.0. The Morgan fingerprint density at radius 3 is 2.71 bits per heavy atom. The molecule has 0 aliphatic heterocycles. The fourth-order valence-corrected chi connectivity index (χ4v) is 1.84. The van der Waals surface area contributed by atoms with E-state index in [1.165, 1.54) is 19.4 Å². The predicted octanol–water partition coefficient (Wildman–Crippen LogP) is 3.08. The van der Waals surface area contributed by atoms with E-state index in [1.807, 2.05) is 0 Å². The van der Waals surface area contributed by atoms with Crippen molar-refractivity contribution in [1.29, 1.82) is 0 Å². The van der Waals surface area contributed by atoms with Crippen LogP contribution < -0.4 is 9.84 Å². The molecule has 0 heterocycles. The molecule has 0 saturated carbocycles. The number of nitrogens with zero attached hydrogens (tertiary/aromatic N) is 2. The van der Waals surface area contributed by atoms with Crippen LogP contribution in [-0.2, 0) is 0 Å². The molecule has 7 heteroatoms. The van der Waals surface area contributed by atoms with Crippen LogP contribution in [0, 0.1) is 10.1 Å². The van der Waals surface area contributed by atoms with Crippen molar-refractivity contribution in [2.24, 2.45) is 4.99 Å². The third-order valence-electron chi connectivity index (χ3n) is 2.66. The summed E-state index contributed by atoms with van der Waals surface area (Å²) in [4.78, 5) is 14.2. The van der Waals surface area contributed by atoms with Gasteiger partial charge in [0, 0.05) is 11.2 Å². The summed E-state index contributed by atoms with van der Waals surface area (Å²) in [5, 5.41) is 23.3. The third-order valence-corrected chi connectivity index (χ3v) is 2.90. The molecule has 0 unspecified atom stereocenters. The molecule has 21 heavy (non-hydrogen) atoms. The maximum atomic E-state index is 12.0. The molecule has 0 aromatic heterocycles. The summed E-state index contributed by atoms with van der Waals surface area (Å²) >= 11 is 5.83. The minimum atomic E-state index is -0.748. The minimum absolute atomic E-state index is 0.0704. The van der Waals surface area contributed by atoms with Gasteiger partial charge < -0.3 is 9.84 Å². The molecule has 0 spiro atoms. The highest BCUT2D eigenvalue weighted by Crippen LogP contribution is 2.31. The lowest BCUT2D eigenvalue weighted by atomic mass is 10.1. The lowest BCUT2D eigenvalue weighted by molar-refractivity contribution is -0.398. The molecule has 0 atom stereocenters. The number of methoxy groups -OCH3 is 1. The number of ether oxygens (including phenoxy) is 1. The molecule has 0 radical (unpaired) electrons.